The molecule has 0 saturated carbocycles. The Morgan fingerprint density at radius 1 is 1.12 bits per heavy atom. The van der Waals surface area contributed by atoms with Crippen molar-refractivity contribution in [2.45, 2.75) is 71.8 Å². The number of hydrogen-bond donors (Lipinski definition) is 1. The maximum Gasteiger partial charge on any atom is 0.123 e. The summed E-state index contributed by atoms with van der Waals surface area (Å²) in [5.74, 6) is 3.72. The largest absolute Gasteiger partial charge is 0.378 e. The van der Waals surface area contributed by atoms with E-state index < -0.39 is 5.60 Å². The molecule has 0 bridgehead atoms. The number of aliphatic hydroxyl groups is 1. The molecular formula is C15H27O. The summed E-state index contributed by atoms with van der Waals surface area (Å²) in [6.07, 6.45) is 13.7. The first-order valence-electron chi connectivity index (χ1n) is 6.53. The van der Waals surface area contributed by atoms with Crippen LogP contribution in [0.5, 0.6) is 0 Å². The van der Waals surface area contributed by atoms with Gasteiger partial charge in [0.2, 0.25) is 0 Å². The Morgan fingerprint density at radius 3 is 2.19 bits per heavy atom. The first-order valence-corrected chi connectivity index (χ1v) is 6.53. The second kappa shape index (κ2) is 7.74. The molecular weight excluding hydrogens is 196 g/mol. The molecule has 0 aliphatic carbocycles. The highest BCUT2D eigenvalue weighted by Gasteiger charge is 2.16. The summed E-state index contributed by atoms with van der Waals surface area (Å²) >= 11 is 0. The first-order chi connectivity index (χ1) is 7.37. The van der Waals surface area contributed by atoms with E-state index >= 15 is 0 Å². The third kappa shape index (κ3) is 8.80. The highest BCUT2D eigenvalue weighted by atomic mass is 16.3. The highest BCUT2D eigenvalue weighted by molar-refractivity contribution is 4.99. The van der Waals surface area contributed by atoms with Gasteiger partial charge in [-0.25, -0.2) is 0 Å². The third-order valence-corrected chi connectivity index (χ3v) is 3.11. The first kappa shape index (κ1) is 15.5. The molecule has 0 fully saturated rings. The average Bonchev–Trinajstić information content (AvgIpc) is 2.17. The minimum Gasteiger partial charge on any atom is -0.378 e. The summed E-state index contributed by atoms with van der Waals surface area (Å²) in [6.45, 7) is 8.47. The number of hydrogen-bond acceptors (Lipinski definition) is 1. The second-order valence-corrected chi connectivity index (χ2v) is 5.72. The molecule has 0 aromatic heterocycles. The molecule has 93 valence electrons. The van der Waals surface area contributed by atoms with Crippen molar-refractivity contribution in [3.63, 3.8) is 0 Å². The van der Waals surface area contributed by atoms with Crippen LogP contribution in [0, 0.1) is 24.2 Å². The van der Waals surface area contributed by atoms with E-state index in [0.29, 0.717) is 6.42 Å². The quantitative estimate of drug-likeness (QED) is 0.618. The van der Waals surface area contributed by atoms with Crippen LogP contribution >= 0.6 is 0 Å². The fourth-order valence-corrected chi connectivity index (χ4v) is 1.88. The SMILES string of the molecule is [C]#CC(C)(O)CCCC(C)CCCC(C)C. The molecule has 0 aromatic rings. The van der Waals surface area contributed by atoms with Crippen LogP contribution in [-0.4, -0.2) is 10.7 Å². The molecule has 1 nitrogen and oxygen atoms in total. The lowest BCUT2D eigenvalue weighted by Gasteiger charge is -2.17. The molecule has 0 aliphatic rings. The molecule has 0 saturated heterocycles. The smallest absolute Gasteiger partial charge is 0.123 e. The summed E-state index contributed by atoms with van der Waals surface area (Å²) < 4.78 is 0. The van der Waals surface area contributed by atoms with Gasteiger partial charge < -0.3 is 5.11 Å². The standard InChI is InChI=1S/C15H27O/c1-6-15(5,16)12-8-11-14(4)10-7-9-13(2)3/h13-14,16H,7-12H2,2-5H3. The van der Waals surface area contributed by atoms with Crippen molar-refractivity contribution in [1.29, 1.82) is 0 Å². The fourth-order valence-electron chi connectivity index (χ4n) is 1.88. The fraction of sp³-hybridized carbons (Fsp3) is 0.867. The molecule has 2 unspecified atom stereocenters. The topological polar surface area (TPSA) is 20.2 Å². The Kier molecular flexibility index (Phi) is 7.51. The van der Waals surface area contributed by atoms with Crippen LogP contribution in [0.1, 0.15) is 66.2 Å². The van der Waals surface area contributed by atoms with Gasteiger partial charge in [0.25, 0.3) is 0 Å². The minimum absolute atomic E-state index is 0.658. The van der Waals surface area contributed by atoms with Gasteiger partial charge in [0.05, 0.1) is 0 Å². The van der Waals surface area contributed by atoms with Gasteiger partial charge in [-0.3, -0.25) is 0 Å². The Morgan fingerprint density at radius 2 is 1.69 bits per heavy atom. The molecule has 16 heavy (non-hydrogen) atoms. The van der Waals surface area contributed by atoms with Crippen molar-refractivity contribution in [1.82, 2.24) is 0 Å². The molecule has 0 rings (SSSR count). The van der Waals surface area contributed by atoms with E-state index in [1.54, 1.807) is 6.92 Å². The van der Waals surface area contributed by atoms with Gasteiger partial charge in [-0.15, -0.1) is 0 Å². The lowest BCUT2D eigenvalue weighted by molar-refractivity contribution is 0.107. The van der Waals surface area contributed by atoms with Gasteiger partial charge in [0.1, 0.15) is 5.60 Å². The van der Waals surface area contributed by atoms with Crippen LogP contribution in [0.3, 0.4) is 0 Å². The van der Waals surface area contributed by atoms with Crippen molar-refractivity contribution in [3.05, 3.63) is 6.42 Å². The van der Waals surface area contributed by atoms with Gasteiger partial charge in [0.15, 0.2) is 0 Å². The van der Waals surface area contributed by atoms with Gasteiger partial charge in [-0.05, 0) is 38.0 Å². The van der Waals surface area contributed by atoms with Crippen LogP contribution in [0.15, 0.2) is 0 Å². The van der Waals surface area contributed by atoms with E-state index in [0.717, 1.165) is 24.7 Å². The zero-order valence-corrected chi connectivity index (χ0v) is 11.3. The zero-order valence-electron chi connectivity index (χ0n) is 11.3. The van der Waals surface area contributed by atoms with Crippen LogP contribution in [0.4, 0.5) is 0 Å². The molecule has 2 atom stereocenters. The highest BCUT2D eigenvalue weighted by Crippen LogP contribution is 2.20. The van der Waals surface area contributed by atoms with Crippen molar-refractivity contribution in [3.8, 4) is 5.92 Å². The van der Waals surface area contributed by atoms with Crippen LogP contribution in [0.2, 0.25) is 0 Å². The Labute approximate surface area is 102 Å². The lowest BCUT2D eigenvalue weighted by atomic mass is 9.92. The van der Waals surface area contributed by atoms with Crippen molar-refractivity contribution < 1.29 is 5.11 Å². The Hall–Kier alpha value is -0.480. The summed E-state index contributed by atoms with van der Waals surface area (Å²) in [7, 11) is 0. The second-order valence-electron chi connectivity index (χ2n) is 5.72. The van der Waals surface area contributed by atoms with Crippen molar-refractivity contribution in [2.75, 3.05) is 0 Å². The van der Waals surface area contributed by atoms with Crippen LogP contribution < -0.4 is 0 Å². The van der Waals surface area contributed by atoms with E-state index in [2.05, 4.69) is 26.7 Å². The molecule has 1 N–H and O–H groups in total. The summed E-state index contributed by atoms with van der Waals surface area (Å²) in [4.78, 5) is 0. The monoisotopic (exact) mass is 223 g/mol. The maximum atomic E-state index is 9.59. The third-order valence-electron chi connectivity index (χ3n) is 3.11. The molecule has 0 aromatic carbocycles. The Balaban J connectivity index is 3.52. The molecule has 0 amide bonds. The van der Waals surface area contributed by atoms with Gasteiger partial charge in [-0.1, -0.05) is 52.4 Å². The summed E-state index contributed by atoms with van der Waals surface area (Å²) in [5, 5.41) is 9.59. The molecule has 1 radical (unpaired) electrons. The van der Waals surface area contributed by atoms with Gasteiger partial charge in [0, 0.05) is 0 Å². The summed E-state index contributed by atoms with van der Waals surface area (Å²) in [6, 6.07) is 0. The molecule has 0 heterocycles. The van der Waals surface area contributed by atoms with E-state index in [9.17, 15) is 5.11 Å². The lowest BCUT2D eigenvalue weighted by Crippen LogP contribution is -2.20. The predicted molar refractivity (Wildman–Crippen MR) is 69.5 cm³/mol. The minimum atomic E-state index is -1.02. The van der Waals surface area contributed by atoms with Crippen LogP contribution in [0.25, 0.3) is 0 Å². The molecule has 1 heteroatoms. The zero-order chi connectivity index (χ0) is 12.6. The Bertz CT molecular complexity index is 210. The van der Waals surface area contributed by atoms with Gasteiger partial charge >= 0.3 is 0 Å². The number of rotatable bonds is 8. The van der Waals surface area contributed by atoms with Crippen molar-refractivity contribution >= 4 is 0 Å². The van der Waals surface area contributed by atoms with E-state index in [1.807, 2.05) is 0 Å². The normalized spacial score (nSPS) is 16.8. The average molecular weight is 223 g/mol. The van der Waals surface area contributed by atoms with E-state index in [1.165, 1.54) is 19.3 Å². The van der Waals surface area contributed by atoms with Crippen molar-refractivity contribution in [2.24, 2.45) is 11.8 Å². The van der Waals surface area contributed by atoms with Gasteiger partial charge in [-0.2, -0.15) is 0 Å². The predicted octanol–water partition coefficient (Wildman–Crippen LogP) is 3.96. The molecule has 0 spiro atoms. The molecule has 0 aliphatic heterocycles. The van der Waals surface area contributed by atoms with E-state index in [-0.39, 0.29) is 0 Å². The maximum absolute atomic E-state index is 9.59. The van der Waals surface area contributed by atoms with E-state index in [4.69, 9.17) is 6.42 Å². The summed E-state index contributed by atoms with van der Waals surface area (Å²) in [5.41, 5.74) is -1.02. The van der Waals surface area contributed by atoms with Crippen LogP contribution in [-0.2, 0) is 0 Å².